The van der Waals surface area contributed by atoms with Crippen molar-refractivity contribution in [3.8, 4) is 0 Å². The summed E-state index contributed by atoms with van der Waals surface area (Å²) in [4.78, 5) is 39.0. The van der Waals surface area contributed by atoms with Crippen LogP contribution in [-0.4, -0.2) is 24.5 Å². The van der Waals surface area contributed by atoms with E-state index >= 15 is 0 Å². The zero-order valence-electron chi connectivity index (χ0n) is 11.5. The lowest BCUT2D eigenvalue weighted by Crippen LogP contribution is -2.37. The molecule has 8 heteroatoms. The number of rotatable bonds is 4. The van der Waals surface area contributed by atoms with Crippen molar-refractivity contribution in [3.63, 3.8) is 0 Å². The Kier molecular flexibility index (Phi) is 3.80. The zero-order valence-corrected chi connectivity index (χ0v) is 12.3. The van der Waals surface area contributed by atoms with Gasteiger partial charge in [0, 0.05) is 27.1 Å². The van der Waals surface area contributed by atoms with Crippen molar-refractivity contribution in [3.05, 3.63) is 26.1 Å². The van der Waals surface area contributed by atoms with Crippen molar-refractivity contribution >= 4 is 28.5 Å². The molecule has 0 atom stereocenters. The average molecular weight is 299 g/mol. The van der Waals surface area contributed by atoms with Crippen molar-refractivity contribution in [2.24, 2.45) is 14.1 Å². The molecule has 0 spiro atoms. The summed E-state index contributed by atoms with van der Waals surface area (Å²) < 4.78 is 3.84. The number of aromatic nitrogens is 4. The van der Waals surface area contributed by atoms with E-state index < -0.39 is 11.2 Å². The number of carbonyl (C=O) groups excluding carboxylic acids is 1. The zero-order chi connectivity index (χ0) is 15.0. The van der Waals surface area contributed by atoms with E-state index in [9.17, 15) is 14.4 Å². The van der Waals surface area contributed by atoms with Crippen molar-refractivity contribution in [1.29, 1.82) is 0 Å². The maximum absolute atomic E-state index is 12.2. The maximum atomic E-state index is 12.2. The van der Waals surface area contributed by atoms with E-state index in [1.807, 2.05) is 0 Å². The van der Waals surface area contributed by atoms with E-state index in [-0.39, 0.29) is 22.2 Å². The highest BCUT2D eigenvalue weighted by atomic mass is 35.5. The highest BCUT2D eigenvalue weighted by molar-refractivity contribution is 6.29. The Morgan fingerprint density at radius 3 is 2.50 bits per heavy atom. The van der Waals surface area contributed by atoms with E-state index in [4.69, 9.17) is 11.6 Å². The molecule has 0 aliphatic rings. The van der Waals surface area contributed by atoms with Crippen LogP contribution in [0.2, 0.25) is 5.28 Å². The highest BCUT2D eigenvalue weighted by Gasteiger charge is 2.17. The third kappa shape index (κ3) is 2.29. The lowest BCUT2D eigenvalue weighted by Gasteiger charge is -2.06. The minimum absolute atomic E-state index is 0.0749. The van der Waals surface area contributed by atoms with Crippen molar-refractivity contribution < 1.29 is 4.79 Å². The molecule has 2 heterocycles. The monoisotopic (exact) mass is 298 g/mol. The molecule has 0 radical (unpaired) electrons. The average Bonchev–Trinajstić information content (AvgIpc) is 2.71. The summed E-state index contributed by atoms with van der Waals surface area (Å²) in [6, 6.07) is 0. The second kappa shape index (κ2) is 5.24. The third-order valence-corrected chi connectivity index (χ3v) is 3.50. The summed E-state index contributed by atoms with van der Waals surface area (Å²) in [5.41, 5.74) is -0.355. The molecular weight excluding hydrogens is 284 g/mol. The van der Waals surface area contributed by atoms with Crippen LogP contribution in [0.5, 0.6) is 0 Å². The molecular formula is C12H15ClN4O3. The third-order valence-electron chi connectivity index (χ3n) is 3.21. The Hall–Kier alpha value is -1.89. The Labute approximate surface area is 119 Å². The van der Waals surface area contributed by atoms with Gasteiger partial charge in [-0.2, -0.15) is 4.98 Å². The number of ketones is 1. The van der Waals surface area contributed by atoms with Crippen molar-refractivity contribution in [2.45, 2.75) is 26.3 Å². The summed E-state index contributed by atoms with van der Waals surface area (Å²) >= 11 is 6.03. The second-order valence-corrected chi connectivity index (χ2v) is 5.05. The Morgan fingerprint density at radius 2 is 1.90 bits per heavy atom. The van der Waals surface area contributed by atoms with E-state index in [0.29, 0.717) is 19.4 Å². The van der Waals surface area contributed by atoms with Crippen LogP contribution >= 0.6 is 11.6 Å². The molecule has 0 N–H and O–H groups in total. The van der Waals surface area contributed by atoms with Gasteiger partial charge in [0.1, 0.15) is 5.78 Å². The van der Waals surface area contributed by atoms with Crippen LogP contribution in [0.1, 0.15) is 19.8 Å². The first-order valence-electron chi connectivity index (χ1n) is 6.15. The molecule has 0 aromatic carbocycles. The molecule has 108 valence electrons. The first kappa shape index (κ1) is 14.5. The van der Waals surface area contributed by atoms with Crippen LogP contribution in [0, 0.1) is 0 Å². The summed E-state index contributed by atoms with van der Waals surface area (Å²) in [7, 11) is 2.94. The van der Waals surface area contributed by atoms with E-state index in [0.717, 1.165) is 4.57 Å². The van der Waals surface area contributed by atoms with Gasteiger partial charge >= 0.3 is 5.69 Å². The molecule has 0 aliphatic carbocycles. The predicted octanol–water partition coefficient (Wildman–Crippen LogP) is 0.456. The van der Waals surface area contributed by atoms with Crippen LogP contribution in [-0.2, 0) is 25.4 Å². The SMILES string of the molecule is CC(=O)CCCn1c(Cl)nc2c1c(=O)n(C)c(=O)n2C. The predicted molar refractivity (Wildman–Crippen MR) is 75.1 cm³/mol. The van der Waals surface area contributed by atoms with Crippen LogP contribution in [0.4, 0.5) is 0 Å². The smallest absolute Gasteiger partial charge is 0.309 e. The fourth-order valence-corrected chi connectivity index (χ4v) is 2.36. The van der Waals surface area contributed by atoms with Crippen molar-refractivity contribution in [2.75, 3.05) is 0 Å². The van der Waals surface area contributed by atoms with Gasteiger partial charge in [0.05, 0.1) is 0 Å². The van der Waals surface area contributed by atoms with Gasteiger partial charge in [-0.15, -0.1) is 0 Å². The van der Waals surface area contributed by atoms with Gasteiger partial charge in [-0.25, -0.2) is 4.79 Å². The number of aryl methyl sites for hydroxylation is 2. The Balaban J connectivity index is 2.61. The molecule has 0 fully saturated rings. The van der Waals surface area contributed by atoms with Gasteiger partial charge in [-0.3, -0.25) is 13.9 Å². The van der Waals surface area contributed by atoms with Gasteiger partial charge in [-0.05, 0) is 24.9 Å². The minimum atomic E-state index is -0.451. The minimum Gasteiger partial charge on any atom is -0.309 e. The lowest BCUT2D eigenvalue weighted by molar-refractivity contribution is -0.117. The summed E-state index contributed by atoms with van der Waals surface area (Å²) in [5.74, 6) is 0.0749. The first-order chi connectivity index (χ1) is 9.34. The fourth-order valence-electron chi connectivity index (χ4n) is 2.11. The van der Waals surface area contributed by atoms with Crippen LogP contribution in [0.25, 0.3) is 11.2 Å². The van der Waals surface area contributed by atoms with Gasteiger partial charge in [0.15, 0.2) is 11.2 Å². The number of hydrogen-bond donors (Lipinski definition) is 0. The van der Waals surface area contributed by atoms with Gasteiger partial charge < -0.3 is 9.36 Å². The van der Waals surface area contributed by atoms with Crippen LogP contribution < -0.4 is 11.2 Å². The molecule has 0 aliphatic heterocycles. The molecule has 0 unspecified atom stereocenters. The quantitative estimate of drug-likeness (QED) is 0.768. The van der Waals surface area contributed by atoms with E-state index in [2.05, 4.69) is 4.98 Å². The van der Waals surface area contributed by atoms with E-state index in [1.165, 1.54) is 25.6 Å². The number of imidazole rings is 1. The van der Waals surface area contributed by atoms with Gasteiger partial charge in [0.25, 0.3) is 5.56 Å². The standard InChI is InChI=1S/C12H15ClN4O3/c1-7(18)5-4-6-17-8-9(14-11(17)13)15(2)12(20)16(3)10(8)19/h4-6H2,1-3H3. The number of halogens is 1. The Morgan fingerprint density at radius 1 is 1.25 bits per heavy atom. The van der Waals surface area contributed by atoms with Crippen molar-refractivity contribution in [1.82, 2.24) is 18.7 Å². The molecule has 2 rings (SSSR count). The van der Waals surface area contributed by atoms with Crippen LogP contribution in [0.15, 0.2) is 9.59 Å². The number of Topliss-reactive ketones (excluding diaryl/α,β-unsaturated/α-hetero) is 1. The Bertz CT molecular complexity index is 800. The van der Waals surface area contributed by atoms with Gasteiger partial charge in [-0.1, -0.05) is 0 Å². The lowest BCUT2D eigenvalue weighted by atomic mass is 10.2. The molecule has 0 saturated carbocycles. The molecule has 7 nitrogen and oxygen atoms in total. The molecule has 0 amide bonds. The largest absolute Gasteiger partial charge is 0.332 e. The number of nitrogens with zero attached hydrogens (tertiary/aromatic N) is 4. The highest BCUT2D eigenvalue weighted by Crippen LogP contribution is 2.16. The fraction of sp³-hybridized carbons (Fsp3) is 0.500. The maximum Gasteiger partial charge on any atom is 0.332 e. The molecule has 2 aromatic rings. The molecule has 20 heavy (non-hydrogen) atoms. The van der Waals surface area contributed by atoms with Crippen LogP contribution in [0.3, 0.4) is 0 Å². The number of fused-ring (bicyclic) bond motifs is 1. The van der Waals surface area contributed by atoms with Gasteiger partial charge in [0.2, 0.25) is 5.28 Å². The number of hydrogen-bond acceptors (Lipinski definition) is 4. The molecule has 2 aromatic heterocycles. The summed E-state index contributed by atoms with van der Waals surface area (Å²) in [6.45, 7) is 1.92. The topological polar surface area (TPSA) is 78.9 Å². The summed E-state index contributed by atoms with van der Waals surface area (Å²) in [6.07, 6.45) is 0.967. The molecule has 0 bridgehead atoms. The number of carbonyl (C=O) groups is 1. The first-order valence-corrected chi connectivity index (χ1v) is 6.53. The molecule has 0 saturated heterocycles. The summed E-state index contributed by atoms with van der Waals surface area (Å²) in [5, 5.41) is 0.141. The second-order valence-electron chi connectivity index (χ2n) is 4.72. The van der Waals surface area contributed by atoms with E-state index in [1.54, 1.807) is 4.57 Å². The normalized spacial score (nSPS) is 11.2.